The standard InChI is InChI=1S/C16H33N3/c1-15(2)6-8-16(13-17,9-7-15)19(4)12-14-5-10-18(3)11-14/h14H,5-13,17H2,1-4H3. The summed E-state index contributed by atoms with van der Waals surface area (Å²) in [6.07, 6.45) is 6.54. The van der Waals surface area contributed by atoms with Gasteiger partial charge in [0.05, 0.1) is 0 Å². The van der Waals surface area contributed by atoms with Crippen LogP contribution in [0.4, 0.5) is 0 Å². The van der Waals surface area contributed by atoms with E-state index in [-0.39, 0.29) is 5.54 Å². The topological polar surface area (TPSA) is 32.5 Å². The van der Waals surface area contributed by atoms with Crippen molar-refractivity contribution in [2.24, 2.45) is 17.1 Å². The van der Waals surface area contributed by atoms with E-state index >= 15 is 0 Å². The van der Waals surface area contributed by atoms with Crippen molar-refractivity contribution >= 4 is 0 Å². The first-order valence-corrected chi connectivity index (χ1v) is 7.97. The molecule has 1 aliphatic carbocycles. The van der Waals surface area contributed by atoms with Gasteiger partial charge in [-0.05, 0) is 64.1 Å². The van der Waals surface area contributed by atoms with Gasteiger partial charge in [0.25, 0.3) is 0 Å². The molecule has 112 valence electrons. The molecule has 1 atom stereocenters. The smallest absolute Gasteiger partial charge is 0.0329 e. The van der Waals surface area contributed by atoms with E-state index in [1.54, 1.807) is 0 Å². The van der Waals surface area contributed by atoms with Gasteiger partial charge in [-0.15, -0.1) is 0 Å². The molecule has 0 aromatic heterocycles. The summed E-state index contributed by atoms with van der Waals surface area (Å²) in [4.78, 5) is 5.06. The molecule has 1 saturated heterocycles. The lowest BCUT2D eigenvalue weighted by atomic mass is 9.68. The molecule has 19 heavy (non-hydrogen) atoms. The van der Waals surface area contributed by atoms with Gasteiger partial charge in [-0.2, -0.15) is 0 Å². The minimum atomic E-state index is 0.274. The monoisotopic (exact) mass is 267 g/mol. The van der Waals surface area contributed by atoms with Gasteiger partial charge in [0.1, 0.15) is 0 Å². The van der Waals surface area contributed by atoms with Crippen LogP contribution in [0.1, 0.15) is 46.0 Å². The van der Waals surface area contributed by atoms with E-state index in [9.17, 15) is 0 Å². The van der Waals surface area contributed by atoms with Crippen LogP contribution >= 0.6 is 0 Å². The van der Waals surface area contributed by atoms with Gasteiger partial charge < -0.3 is 10.6 Å². The summed E-state index contributed by atoms with van der Waals surface area (Å²) in [7, 11) is 4.55. The van der Waals surface area contributed by atoms with E-state index in [0.29, 0.717) is 5.41 Å². The van der Waals surface area contributed by atoms with Crippen LogP contribution in [0.15, 0.2) is 0 Å². The first-order valence-electron chi connectivity index (χ1n) is 7.97. The van der Waals surface area contributed by atoms with Gasteiger partial charge in [0.15, 0.2) is 0 Å². The molecule has 3 heteroatoms. The fourth-order valence-electron chi connectivity index (χ4n) is 3.89. The van der Waals surface area contributed by atoms with Gasteiger partial charge >= 0.3 is 0 Å². The Morgan fingerprint density at radius 1 is 1.21 bits per heavy atom. The van der Waals surface area contributed by atoms with Crippen LogP contribution in [0.2, 0.25) is 0 Å². The van der Waals surface area contributed by atoms with E-state index in [4.69, 9.17) is 5.73 Å². The predicted octanol–water partition coefficient (Wildman–Crippen LogP) is 2.17. The van der Waals surface area contributed by atoms with Crippen LogP contribution in [-0.4, -0.2) is 55.6 Å². The number of hydrogen-bond acceptors (Lipinski definition) is 3. The zero-order valence-electron chi connectivity index (χ0n) is 13.4. The van der Waals surface area contributed by atoms with Gasteiger partial charge in [-0.1, -0.05) is 13.8 Å². The second kappa shape index (κ2) is 5.71. The second-order valence-corrected chi connectivity index (χ2v) is 7.89. The molecule has 0 radical (unpaired) electrons. The molecule has 3 nitrogen and oxygen atoms in total. The van der Waals surface area contributed by atoms with Gasteiger partial charge in [-0.25, -0.2) is 0 Å². The minimum absolute atomic E-state index is 0.274. The third kappa shape index (κ3) is 3.50. The number of likely N-dealkylation sites (N-methyl/N-ethyl adjacent to an activating group) is 1. The van der Waals surface area contributed by atoms with E-state index < -0.39 is 0 Å². The molecule has 1 heterocycles. The van der Waals surface area contributed by atoms with E-state index in [0.717, 1.165) is 12.5 Å². The summed E-state index contributed by atoms with van der Waals surface area (Å²) in [5.74, 6) is 0.841. The van der Waals surface area contributed by atoms with Crippen molar-refractivity contribution in [3.8, 4) is 0 Å². The minimum Gasteiger partial charge on any atom is -0.329 e. The third-order valence-electron chi connectivity index (χ3n) is 5.74. The summed E-state index contributed by atoms with van der Waals surface area (Å²) < 4.78 is 0. The summed E-state index contributed by atoms with van der Waals surface area (Å²) in [5.41, 5.74) is 6.97. The number of likely N-dealkylation sites (tertiary alicyclic amines) is 1. The van der Waals surface area contributed by atoms with Crippen LogP contribution in [0, 0.1) is 11.3 Å². The Morgan fingerprint density at radius 3 is 2.32 bits per heavy atom. The Labute approximate surface area is 119 Å². The van der Waals surface area contributed by atoms with E-state index in [2.05, 4.69) is 37.7 Å². The van der Waals surface area contributed by atoms with Crippen LogP contribution in [-0.2, 0) is 0 Å². The lowest BCUT2D eigenvalue weighted by molar-refractivity contribution is 0.0324. The number of rotatable bonds is 4. The SMILES string of the molecule is CN1CCC(CN(C)C2(CN)CCC(C)(C)CC2)C1. The van der Waals surface area contributed by atoms with Gasteiger partial charge in [0, 0.05) is 25.2 Å². The fourth-order valence-corrected chi connectivity index (χ4v) is 3.89. The molecule has 2 rings (SSSR count). The lowest BCUT2D eigenvalue weighted by Crippen LogP contribution is -2.56. The Hall–Kier alpha value is -0.120. The molecule has 1 unspecified atom stereocenters. The summed E-state index contributed by atoms with van der Waals surface area (Å²) in [6.45, 7) is 9.38. The number of nitrogens with two attached hydrogens (primary N) is 1. The third-order valence-corrected chi connectivity index (χ3v) is 5.74. The van der Waals surface area contributed by atoms with Crippen LogP contribution in [0.5, 0.6) is 0 Å². The maximum absolute atomic E-state index is 6.18. The molecule has 0 aromatic carbocycles. The molecule has 1 saturated carbocycles. The molecule has 1 aliphatic heterocycles. The predicted molar refractivity (Wildman–Crippen MR) is 82.3 cm³/mol. The Balaban J connectivity index is 1.93. The second-order valence-electron chi connectivity index (χ2n) is 7.89. The van der Waals surface area contributed by atoms with Gasteiger partial charge in [0.2, 0.25) is 0 Å². The average Bonchev–Trinajstić information content (AvgIpc) is 2.75. The zero-order valence-corrected chi connectivity index (χ0v) is 13.4. The Morgan fingerprint density at radius 2 is 1.84 bits per heavy atom. The number of hydrogen-bond donors (Lipinski definition) is 1. The molecule has 0 amide bonds. The van der Waals surface area contributed by atoms with Crippen molar-refractivity contribution in [3.05, 3.63) is 0 Å². The zero-order chi connectivity index (χ0) is 14.1. The maximum atomic E-state index is 6.18. The summed E-state index contributed by atoms with van der Waals surface area (Å²) >= 11 is 0. The van der Waals surface area contributed by atoms with E-state index in [1.807, 2.05) is 0 Å². The highest BCUT2D eigenvalue weighted by Gasteiger charge is 2.40. The first-order chi connectivity index (χ1) is 8.87. The maximum Gasteiger partial charge on any atom is 0.0329 e. The van der Waals surface area contributed by atoms with Crippen molar-refractivity contribution in [1.29, 1.82) is 0 Å². The first kappa shape index (κ1) is 15.3. The molecule has 0 spiro atoms. The molecular formula is C16H33N3. The molecule has 2 N–H and O–H groups in total. The largest absolute Gasteiger partial charge is 0.329 e. The molecule has 0 bridgehead atoms. The molecule has 0 aromatic rings. The Kier molecular flexibility index (Phi) is 4.59. The van der Waals surface area contributed by atoms with Gasteiger partial charge in [-0.3, -0.25) is 4.90 Å². The normalized spacial score (nSPS) is 30.9. The highest BCUT2D eigenvalue weighted by molar-refractivity contribution is 4.97. The fraction of sp³-hybridized carbons (Fsp3) is 1.00. The van der Waals surface area contributed by atoms with Crippen molar-refractivity contribution in [2.75, 3.05) is 40.3 Å². The summed E-state index contributed by atoms with van der Waals surface area (Å²) in [5, 5.41) is 0. The van der Waals surface area contributed by atoms with Crippen molar-refractivity contribution in [1.82, 2.24) is 9.80 Å². The van der Waals surface area contributed by atoms with Crippen molar-refractivity contribution in [3.63, 3.8) is 0 Å². The highest BCUT2D eigenvalue weighted by Crippen LogP contribution is 2.42. The van der Waals surface area contributed by atoms with Crippen molar-refractivity contribution in [2.45, 2.75) is 51.5 Å². The highest BCUT2D eigenvalue weighted by atomic mass is 15.2. The number of nitrogens with zero attached hydrogens (tertiary/aromatic N) is 2. The summed E-state index contributed by atoms with van der Waals surface area (Å²) in [6, 6.07) is 0. The Bertz CT molecular complexity index is 290. The molecule has 2 fully saturated rings. The average molecular weight is 267 g/mol. The van der Waals surface area contributed by atoms with E-state index in [1.165, 1.54) is 51.7 Å². The molecular weight excluding hydrogens is 234 g/mol. The lowest BCUT2D eigenvalue weighted by Gasteiger charge is -2.49. The van der Waals surface area contributed by atoms with Crippen LogP contribution in [0.3, 0.4) is 0 Å². The van der Waals surface area contributed by atoms with Crippen LogP contribution in [0.25, 0.3) is 0 Å². The van der Waals surface area contributed by atoms with Crippen molar-refractivity contribution < 1.29 is 0 Å². The van der Waals surface area contributed by atoms with Crippen LogP contribution < -0.4 is 5.73 Å². The quantitative estimate of drug-likeness (QED) is 0.847. The molecule has 2 aliphatic rings.